The van der Waals surface area contributed by atoms with Crippen molar-refractivity contribution in [3.05, 3.63) is 91.5 Å². The zero-order chi connectivity index (χ0) is 25.6. The molecule has 0 amide bonds. The number of benzene rings is 3. The summed E-state index contributed by atoms with van der Waals surface area (Å²) in [7, 11) is 2.01. The molecule has 0 N–H and O–H groups in total. The number of nitrogens with zero attached hydrogens (tertiary/aromatic N) is 4. The van der Waals surface area contributed by atoms with Gasteiger partial charge in [-0.1, -0.05) is 12.1 Å². The maximum absolute atomic E-state index is 13.9. The van der Waals surface area contributed by atoms with Crippen molar-refractivity contribution < 1.29 is 25.6 Å². The number of aryl methyl sites for hydroxylation is 1. The first-order chi connectivity index (χ1) is 18.6. The third-order valence-electron chi connectivity index (χ3n) is 8.32. The third-order valence-corrected chi connectivity index (χ3v) is 10.9. The van der Waals surface area contributed by atoms with Crippen molar-refractivity contribution in [1.82, 2.24) is 14.7 Å². The average Bonchev–Trinajstić information content (AvgIpc) is 3.70. The van der Waals surface area contributed by atoms with Gasteiger partial charge in [-0.3, -0.25) is 0 Å². The van der Waals surface area contributed by atoms with Gasteiger partial charge in [0, 0.05) is 0 Å². The second-order valence-corrected chi connectivity index (χ2v) is 13.4. The second-order valence-electron chi connectivity index (χ2n) is 11.0. The van der Waals surface area contributed by atoms with Crippen LogP contribution in [0.15, 0.2) is 76.5 Å². The van der Waals surface area contributed by atoms with Crippen LogP contribution in [0.4, 0.5) is 10.1 Å². The first-order valence-corrected chi connectivity index (χ1v) is 16.1. The first-order valence-electron chi connectivity index (χ1n) is 13.8. The topological polar surface area (TPSA) is 24.3 Å². The summed E-state index contributed by atoms with van der Waals surface area (Å²) in [6.45, 7) is 4.35. The van der Waals surface area contributed by atoms with E-state index in [1.807, 2.05) is 17.8 Å². The van der Waals surface area contributed by atoms with Gasteiger partial charge in [-0.25, -0.2) is 4.39 Å². The molecule has 3 aliphatic rings. The summed E-state index contributed by atoms with van der Waals surface area (Å²) in [6, 6.07) is 22.3. The van der Waals surface area contributed by atoms with Gasteiger partial charge in [0.05, 0.1) is 0 Å². The summed E-state index contributed by atoms with van der Waals surface area (Å²) in [6.07, 6.45) is 5.21. The van der Waals surface area contributed by atoms with Crippen LogP contribution >= 0.6 is 0 Å². The Bertz CT molecular complexity index is 1510. The molecule has 2 fully saturated rings. The fraction of sp³-hybridized carbons (Fsp3) is 0.344. The molecule has 0 spiro atoms. The van der Waals surface area contributed by atoms with E-state index in [0.717, 1.165) is 47.7 Å². The van der Waals surface area contributed by atoms with Crippen LogP contribution in [0.25, 0.3) is 22.2 Å². The molecule has 1 aliphatic carbocycles. The molecule has 4 nitrogen and oxygen atoms in total. The zero-order valence-corrected chi connectivity index (χ0v) is 23.9. The van der Waals surface area contributed by atoms with E-state index in [2.05, 4.69) is 56.3 Å². The fourth-order valence-electron chi connectivity index (χ4n) is 6.17. The predicted molar refractivity (Wildman–Crippen MR) is 147 cm³/mol. The predicted octanol–water partition coefficient (Wildman–Crippen LogP) is 3.62. The fourth-order valence-corrected chi connectivity index (χ4v) is 8.87. The minimum absolute atomic E-state index is 0.0508. The summed E-state index contributed by atoms with van der Waals surface area (Å²) in [5, 5.41) is 5.90. The number of hydrogen-bond acceptors (Lipinski definition) is 3. The Morgan fingerprint density at radius 3 is 2.58 bits per heavy atom. The summed E-state index contributed by atoms with van der Waals surface area (Å²) in [5.41, 5.74) is 7.24. The van der Waals surface area contributed by atoms with Crippen LogP contribution in [0.1, 0.15) is 31.2 Å². The van der Waals surface area contributed by atoms with E-state index in [-0.39, 0.29) is 27.0 Å². The maximum atomic E-state index is 13.9. The minimum atomic E-state index is -0.227. The molecular formula is C32H33FIN4-. The number of para-hydroxylation sites is 2. The van der Waals surface area contributed by atoms with Gasteiger partial charge in [-0.05, 0) is 12.1 Å². The Hall–Kier alpha value is -2.71. The van der Waals surface area contributed by atoms with Crippen LogP contribution in [0.3, 0.4) is 0 Å². The molecule has 4 aromatic rings. The number of rotatable bonds is 6. The number of piperidine rings is 1. The van der Waals surface area contributed by atoms with Crippen LogP contribution in [-0.4, -0.2) is 34.3 Å². The Morgan fingerprint density at radius 1 is 0.947 bits per heavy atom. The molecule has 7 rings (SSSR count). The van der Waals surface area contributed by atoms with Gasteiger partial charge in [0.15, 0.2) is 0 Å². The van der Waals surface area contributed by atoms with Crippen LogP contribution < -0.4 is 26.1 Å². The van der Waals surface area contributed by atoms with E-state index in [1.165, 1.54) is 49.5 Å². The number of anilines is 1. The molecule has 1 aromatic heterocycles. The van der Waals surface area contributed by atoms with Crippen molar-refractivity contribution in [2.75, 3.05) is 24.5 Å². The van der Waals surface area contributed by atoms with Gasteiger partial charge in [0.25, 0.3) is 0 Å². The van der Waals surface area contributed by atoms with Crippen molar-refractivity contribution in [2.24, 2.45) is 18.9 Å². The van der Waals surface area contributed by atoms with Gasteiger partial charge in [-0.2, -0.15) is 0 Å². The van der Waals surface area contributed by atoms with Crippen molar-refractivity contribution in [3.8, 4) is 11.3 Å². The Morgan fingerprint density at radius 2 is 1.76 bits per heavy atom. The molecule has 3 aromatic carbocycles. The number of likely N-dealkylation sites (tertiary alicyclic amines) is 1. The second kappa shape index (κ2) is 10.1. The first kappa shape index (κ1) is 24.3. The van der Waals surface area contributed by atoms with E-state index >= 15 is 0 Å². The molecular weight excluding hydrogens is 586 g/mol. The SMILES string of the molecule is Cn1nc(-c2cccc(F)c2)c2cccc(CN3CCC(C4=C[I-]c5ccccc5N4CC4CC4)CC3)c21. The normalized spacial score (nSPS) is 18.8. The Balaban J connectivity index is 1.08. The molecule has 38 heavy (non-hydrogen) atoms. The standard InChI is InChI=1S/C32H33FIN4/c1-36-32-25(7-5-9-27(32)31(35-36)24-6-4-8-26(33)18-24)21-37-16-14-23(15-17-37)30-19-34-28-10-2-3-11-29(28)38(30)20-22-12-13-22/h2-11,18-19,22-23H,12-17,20-21H2,1H3/q-1. The van der Waals surface area contributed by atoms with Crippen molar-refractivity contribution in [3.63, 3.8) is 0 Å². The summed E-state index contributed by atoms with van der Waals surface area (Å²) in [5.74, 6) is 1.30. The molecule has 6 heteroatoms. The third kappa shape index (κ3) is 4.66. The molecule has 0 bridgehead atoms. The molecule has 0 atom stereocenters. The number of aromatic nitrogens is 2. The van der Waals surface area contributed by atoms with E-state index in [1.54, 1.807) is 21.4 Å². The Labute approximate surface area is 234 Å². The number of halogens is 2. The molecule has 0 unspecified atom stereocenters. The van der Waals surface area contributed by atoms with Crippen LogP contribution in [-0.2, 0) is 13.6 Å². The van der Waals surface area contributed by atoms with Crippen LogP contribution in [0.5, 0.6) is 0 Å². The molecule has 3 heterocycles. The average molecular weight is 620 g/mol. The monoisotopic (exact) mass is 619 g/mol. The summed E-state index contributed by atoms with van der Waals surface area (Å²) < 4.78 is 20.1. The van der Waals surface area contributed by atoms with E-state index in [0.29, 0.717) is 5.92 Å². The molecule has 1 saturated carbocycles. The van der Waals surface area contributed by atoms with Gasteiger partial charge in [0.1, 0.15) is 5.82 Å². The van der Waals surface area contributed by atoms with E-state index in [4.69, 9.17) is 5.10 Å². The van der Waals surface area contributed by atoms with Crippen LogP contribution in [0.2, 0.25) is 0 Å². The van der Waals surface area contributed by atoms with Crippen molar-refractivity contribution in [2.45, 2.75) is 32.2 Å². The quantitative estimate of drug-likeness (QED) is 0.309. The molecule has 1 saturated heterocycles. The van der Waals surface area contributed by atoms with Crippen molar-refractivity contribution >= 4 is 16.6 Å². The van der Waals surface area contributed by atoms with E-state index < -0.39 is 0 Å². The summed E-state index contributed by atoms with van der Waals surface area (Å²) >= 11 is -0.0508. The van der Waals surface area contributed by atoms with Gasteiger partial charge >= 0.3 is 201 Å². The van der Waals surface area contributed by atoms with Crippen molar-refractivity contribution in [1.29, 1.82) is 0 Å². The Kier molecular flexibility index (Phi) is 6.48. The molecule has 0 radical (unpaired) electrons. The summed E-state index contributed by atoms with van der Waals surface area (Å²) in [4.78, 5) is 5.30. The number of allylic oxidation sites excluding steroid dienone is 1. The van der Waals surface area contributed by atoms with Gasteiger partial charge < -0.3 is 0 Å². The molecule has 196 valence electrons. The van der Waals surface area contributed by atoms with Crippen LogP contribution in [0, 0.1) is 21.2 Å². The van der Waals surface area contributed by atoms with Gasteiger partial charge in [-0.15, -0.1) is 0 Å². The molecule has 2 aliphatic heterocycles. The van der Waals surface area contributed by atoms with Gasteiger partial charge in [0.2, 0.25) is 0 Å². The van der Waals surface area contributed by atoms with E-state index in [9.17, 15) is 4.39 Å². The number of hydrogen-bond donors (Lipinski definition) is 0. The number of fused-ring (bicyclic) bond motifs is 2. The zero-order valence-electron chi connectivity index (χ0n) is 21.8.